The fraction of sp³-hybridized carbons (Fsp3) is 0.333. The molecule has 0 spiro atoms. The van der Waals surface area contributed by atoms with Crippen molar-refractivity contribution in [1.29, 1.82) is 0 Å². The monoisotopic (exact) mass is 265 g/mol. The number of nitrogens with two attached hydrogens (primary N) is 1. The highest BCUT2D eigenvalue weighted by molar-refractivity contribution is 7.80. The number of nitrogens with zero attached hydrogens (tertiary/aromatic N) is 1. The van der Waals surface area contributed by atoms with Gasteiger partial charge >= 0.3 is 0 Å². The first kappa shape index (κ1) is 12.9. The van der Waals surface area contributed by atoms with Crippen molar-refractivity contribution >= 4 is 30.1 Å². The summed E-state index contributed by atoms with van der Waals surface area (Å²) in [5, 5.41) is 0. The van der Waals surface area contributed by atoms with Crippen LogP contribution in [-0.4, -0.2) is 24.1 Å². The molecule has 1 saturated heterocycles. The van der Waals surface area contributed by atoms with E-state index in [9.17, 15) is 9.59 Å². The van der Waals surface area contributed by atoms with Gasteiger partial charge in [0.2, 0.25) is 5.91 Å². The molecular weight excluding hydrogens is 250 g/mol. The predicted octanol–water partition coefficient (Wildman–Crippen LogP) is 0.573. The van der Waals surface area contributed by atoms with Gasteiger partial charge in [0.05, 0.1) is 11.3 Å². The van der Waals surface area contributed by atoms with Gasteiger partial charge in [0.15, 0.2) is 0 Å². The number of nitrogens with one attached hydrogen (secondary N) is 1. The van der Waals surface area contributed by atoms with Gasteiger partial charge in [-0.25, -0.2) is 5.84 Å². The van der Waals surface area contributed by atoms with E-state index in [-0.39, 0.29) is 11.8 Å². The number of carbonyl (C=O) groups excluding carboxylic acids is 2. The SMILES string of the molecule is NNC(=O)c1ccccc1N1CC(CS)CC1=O. The molecule has 1 fully saturated rings. The van der Waals surface area contributed by atoms with Gasteiger partial charge in [0, 0.05) is 13.0 Å². The quantitative estimate of drug-likeness (QED) is 0.324. The maximum Gasteiger partial charge on any atom is 0.267 e. The van der Waals surface area contributed by atoms with Gasteiger partial charge in [0.25, 0.3) is 5.91 Å². The Morgan fingerprint density at radius 1 is 1.50 bits per heavy atom. The molecular formula is C12H15N3O2S. The molecule has 3 N–H and O–H groups in total. The van der Waals surface area contributed by atoms with Crippen LogP contribution in [0.25, 0.3) is 0 Å². The number of rotatable bonds is 3. The van der Waals surface area contributed by atoms with Crippen LogP contribution < -0.4 is 16.2 Å². The van der Waals surface area contributed by atoms with E-state index in [1.165, 1.54) is 0 Å². The van der Waals surface area contributed by atoms with Crippen molar-refractivity contribution in [3.8, 4) is 0 Å². The van der Waals surface area contributed by atoms with Crippen molar-refractivity contribution in [3.05, 3.63) is 29.8 Å². The lowest BCUT2D eigenvalue weighted by Crippen LogP contribution is -2.33. The second-order valence-electron chi connectivity index (χ2n) is 4.25. The Morgan fingerprint density at radius 2 is 2.22 bits per heavy atom. The minimum absolute atomic E-state index is 0.0197. The molecule has 2 amide bonds. The third kappa shape index (κ3) is 2.34. The Balaban J connectivity index is 2.34. The molecule has 1 atom stereocenters. The van der Waals surface area contributed by atoms with Gasteiger partial charge in [0.1, 0.15) is 0 Å². The molecule has 0 saturated carbocycles. The number of benzene rings is 1. The van der Waals surface area contributed by atoms with Crippen molar-refractivity contribution in [2.45, 2.75) is 6.42 Å². The first-order chi connectivity index (χ1) is 8.67. The van der Waals surface area contributed by atoms with Crippen molar-refractivity contribution in [2.75, 3.05) is 17.2 Å². The van der Waals surface area contributed by atoms with E-state index in [1.54, 1.807) is 29.2 Å². The highest BCUT2D eigenvalue weighted by Gasteiger charge is 2.31. The van der Waals surface area contributed by atoms with Crippen LogP contribution in [0, 0.1) is 5.92 Å². The zero-order valence-corrected chi connectivity index (χ0v) is 10.7. The number of hydrogen-bond donors (Lipinski definition) is 3. The first-order valence-corrected chi connectivity index (χ1v) is 6.31. The Morgan fingerprint density at radius 3 is 2.83 bits per heavy atom. The molecule has 6 heteroatoms. The average Bonchev–Trinajstić information content (AvgIpc) is 2.79. The first-order valence-electron chi connectivity index (χ1n) is 5.68. The fourth-order valence-corrected chi connectivity index (χ4v) is 2.36. The third-order valence-corrected chi connectivity index (χ3v) is 3.55. The average molecular weight is 265 g/mol. The van der Waals surface area contributed by atoms with Crippen LogP contribution in [0.4, 0.5) is 5.69 Å². The third-order valence-electron chi connectivity index (χ3n) is 3.03. The van der Waals surface area contributed by atoms with E-state index in [2.05, 4.69) is 18.1 Å². The van der Waals surface area contributed by atoms with Crippen molar-refractivity contribution < 1.29 is 9.59 Å². The predicted molar refractivity (Wildman–Crippen MR) is 72.4 cm³/mol. The van der Waals surface area contributed by atoms with E-state index in [4.69, 9.17) is 5.84 Å². The summed E-state index contributed by atoms with van der Waals surface area (Å²) >= 11 is 4.22. The molecule has 1 aromatic carbocycles. The summed E-state index contributed by atoms with van der Waals surface area (Å²) in [6.45, 7) is 0.594. The Hall–Kier alpha value is -1.53. The molecule has 1 unspecified atom stereocenters. The molecule has 0 radical (unpaired) electrons. The molecule has 1 aliphatic heterocycles. The maximum atomic E-state index is 11.9. The van der Waals surface area contributed by atoms with Gasteiger partial charge in [-0.05, 0) is 23.8 Å². The highest BCUT2D eigenvalue weighted by Crippen LogP contribution is 2.28. The molecule has 1 aromatic rings. The van der Waals surface area contributed by atoms with Gasteiger partial charge in [-0.3, -0.25) is 15.0 Å². The summed E-state index contributed by atoms with van der Waals surface area (Å²) in [6, 6.07) is 6.94. The minimum atomic E-state index is -0.396. The van der Waals surface area contributed by atoms with Crippen LogP contribution in [-0.2, 0) is 4.79 Å². The molecule has 5 nitrogen and oxygen atoms in total. The number of thiol groups is 1. The zero-order chi connectivity index (χ0) is 13.1. The summed E-state index contributed by atoms with van der Waals surface area (Å²) in [5.41, 5.74) is 3.11. The van der Waals surface area contributed by atoms with Crippen LogP contribution in [0.2, 0.25) is 0 Å². The molecule has 1 aliphatic rings. The normalized spacial score (nSPS) is 19.1. The lowest BCUT2D eigenvalue weighted by molar-refractivity contribution is -0.117. The van der Waals surface area contributed by atoms with Crippen molar-refractivity contribution in [3.63, 3.8) is 0 Å². The van der Waals surface area contributed by atoms with E-state index >= 15 is 0 Å². The second kappa shape index (κ2) is 5.41. The fourth-order valence-electron chi connectivity index (χ4n) is 2.12. The Bertz CT molecular complexity index is 478. The highest BCUT2D eigenvalue weighted by atomic mass is 32.1. The summed E-state index contributed by atoms with van der Waals surface area (Å²) in [5.74, 6) is 5.66. The summed E-state index contributed by atoms with van der Waals surface area (Å²) in [7, 11) is 0. The maximum absolute atomic E-state index is 11.9. The van der Waals surface area contributed by atoms with Gasteiger partial charge in [-0.2, -0.15) is 12.6 Å². The molecule has 1 heterocycles. The lowest BCUT2D eigenvalue weighted by atomic mass is 10.1. The lowest BCUT2D eigenvalue weighted by Gasteiger charge is -2.19. The number of hydrazine groups is 1. The largest absolute Gasteiger partial charge is 0.311 e. The molecule has 0 bridgehead atoms. The van der Waals surface area contributed by atoms with Crippen LogP contribution in [0.5, 0.6) is 0 Å². The van der Waals surface area contributed by atoms with Gasteiger partial charge < -0.3 is 4.90 Å². The van der Waals surface area contributed by atoms with E-state index in [0.29, 0.717) is 30.0 Å². The second-order valence-corrected chi connectivity index (χ2v) is 4.61. The van der Waals surface area contributed by atoms with Crippen LogP contribution in [0.15, 0.2) is 24.3 Å². The smallest absolute Gasteiger partial charge is 0.267 e. The number of anilines is 1. The molecule has 2 rings (SSSR count). The number of amides is 2. The van der Waals surface area contributed by atoms with Gasteiger partial charge in [-0.1, -0.05) is 12.1 Å². The minimum Gasteiger partial charge on any atom is -0.311 e. The molecule has 0 aromatic heterocycles. The number of nitrogen functional groups attached to an aromatic ring is 1. The standard InChI is InChI=1S/C12H15N3O2S/c13-14-12(17)9-3-1-2-4-10(9)15-6-8(7-18)5-11(15)16/h1-4,8,18H,5-7,13H2,(H,14,17). The number of carbonyl (C=O) groups is 2. The van der Waals surface area contributed by atoms with E-state index in [1.807, 2.05) is 0 Å². The van der Waals surface area contributed by atoms with Crippen LogP contribution in [0.1, 0.15) is 16.8 Å². The summed E-state index contributed by atoms with van der Waals surface area (Å²) < 4.78 is 0. The number of hydrogen-bond acceptors (Lipinski definition) is 4. The van der Waals surface area contributed by atoms with Crippen molar-refractivity contribution in [2.24, 2.45) is 11.8 Å². The van der Waals surface area contributed by atoms with Crippen LogP contribution >= 0.6 is 12.6 Å². The summed E-state index contributed by atoms with van der Waals surface area (Å²) in [4.78, 5) is 25.2. The molecule has 0 aliphatic carbocycles. The topological polar surface area (TPSA) is 75.4 Å². The van der Waals surface area contributed by atoms with Crippen molar-refractivity contribution in [1.82, 2.24) is 5.43 Å². The summed E-state index contributed by atoms with van der Waals surface area (Å²) in [6.07, 6.45) is 0.474. The zero-order valence-electron chi connectivity index (χ0n) is 9.80. The molecule has 96 valence electrons. The van der Waals surface area contributed by atoms with Gasteiger partial charge in [-0.15, -0.1) is 0 Å². The molecule has 18 heavy (non-hydrogen) atoms. The number of para-hydroxylation sites is 1. The van der Waals surface area contributed by atoms with Crippen LogP contribution in [0.3, 0.4) is 0 Å². The van der Waals surface area contributed by atoms with E-state index < -0.39 is 5.91 Å². The Labute approximate surface area is 111 Å². The Kier molecular flexibility index (Phi) is 3.88. The van der Waals surface area contributed by atoms with E-state index in [0.717, 1.165) is 0 Å².